The van der Waals surface area contributed by atoms with Gasteiger partial charge in [0.2, 0.25) is 5.75 Å². The van der Waals surface area contributed by atoms with Gasteiger partial charge in [0.25, 0.3) is 0 Å². The van der Waals surface area contributed by atoms with Crippen molar-refractivity contribution in [1.82, 2.24) is 0 Å². The Balaban J connectivity index is 2.77. The van der Waals surface area contributed by atoms with Crippen molar-refractivity contribution in [1.29, 1.82) is 0 Å². The number of carbonyl (C=O) groups excluding carboxylic acids is 1. The molecule has 0 aliphatic carbocycles. The molecule has 0 aliphatic heterocycles. The number of methoxy groups -OCH3 is 2. The minimum atomic E-state index is -0.435. The lowest BCUT2D eigenvalue weighted by Gasteiger charge is -2.09. The van der Waals surface area contributed by atoms with Gasteiger partial charge in [-0.1, -0.05) is 12.7 Å². The predicted molar refractivity (Wildman–Crippen MR) is 76.0 cm³/mol. The summed E-state index contributed by atoms with van der Waals surface area (Å²) in [5.41, 5.74) is 1.11. The van der Waals surface area contributed by atoms with Gasteiger partial charge in [0.05, 0.1) is 14.2 Å². The van der Waals surface area contributed by atoms with E-state index in [4.69, 9.17) is 14.2 Å². The van der Waals surface area contributed by atoms with Gasteiger partial charge in [-0.25, -0.2) is 4.79 Å². The molecule has 1 aromatic carbocycles. The first-order valence-electron chi connectivity index (χ1n) is 5.93. The third-order valence-electron chi connectivity index (χ3n) is 2.47. The second-order valence-corrected chi connectivity index (χ2v) is 4.06. The fourth-order valence-corrected chi connectivity index (χ4v) is 1.44. The van der Waals surface area contributed by atoms with Crippen LogP contribution in [0.2, 0.25) is 0 Å². The molecule has 0 saturated carbocycles. The number of benzene rings is 1. The molecule has 0 bridgehead atoms. The van der Waals surface area contributed by atoms with Crippen LogP contribution in [0.1, 0.15) is 12.5 Å². The van der Waals surface area contributed by atoms with Gasteiger partial charge in [0.15, 0.2) is 11.5 Å². The van der Waals surface area contributed by atoms with Gasteiger partial charge in [0, 0.05) is 5.57 Å². The minimum Gasteiger partial charge on any atom is -0.502 e. The van der Waals surface area contributed by atoms with Crippen molar-refractivity contribution in [3.63, 3.8) is 0 Å². The zero-order valence-electron chi connectivity index (χ0n) is 11.8. The Morgan fingerprint density at radius 1 is 1.30 bits per heavy atom. The molecule has 1 aromatic rings. The average Bonchev–Trinajstić information content (AvgIpc) is 2.44. The van der Waals surface area contributed by atoms with Gasteiger partial charge in [-0.3, -0.25) is 0 Å². The molecular weight excluding hydrogens is 260 g/mol. The van der Waals surface area contributed by atoms with E-state index in [9.17, 15) is 9.90 Å². The van der Waals surface area contributed by atoms with Crippen LogP contribution < -0.4 is 9.47 Å². The van der Waals surface area contributed by atoms with Crippen LogP contribution in [0.3, 0.4) is 0 Å². The predicted octanol–water partition coefficient (Wildman–Crippen LogP) is 2.54. The van der Waals surface area contributed by atoms with Gasteiger partial charge in [0.1, 0.15) is 6.61 Å². The van der Waals surface area contributed by atoms with Crippen LogP contribution in [0.5, 0.6) is 17.2 Å². The molecule has 0 spiro atoms. The van der Waals surface area contributed by atoms with Crippen LogP contribution >= 0.6 is 0 Å². The third-order valence-corrected chi connectivity index (χ3v) is 2.47. The van der Waals surface area contributed by atoms with E-state index in [2.05, 4.69) is 6.58 Å². The molecule has 108 valence electrons. The van der Waals surface area contributed by atoms with Crippen molar-refractivity contribution in [2.24, 2.45) is 0 Å². The van der Waals surface area contributed by atoms with E-state index in [1.807, 2.05) is 0 Å². The lowest BCUT2D eigenvalue weighted by atomic mass is 10.1. The summed E-state index contributed by atoms with van der Waals surface area (Å²) in [5.74, 6) is 0.127. The molecule has 0 aliphatic rings. The van der Waals surface area contributed by atoms with Crippen molar-refractivity contribution >= 4 is 12.0 Å². The number of carbonyl (C=O) groups is 1. The molecule has 0 aromatic heterocycles. The average molecular weight is 278 g/mol. The van der Waals surface area contributed by atoms with E-state index in [1.165, 1.54) is 14.2 Å². The van der Waals surface area contributed by atoms with Crippen LogP contribution in [0, 0.1) is 0 Å². The quantitative estimate of drug-likeness (QED) is 0.640. The second kappa shape index (κ2) is 7.23. The smallest absolute Gasteiger partial charge is 0.333 e. The number of esters is 1. The number of phenols is 1. The standard InChI is InChI=1S/C15H18O5/c1-10(2)15(17)20-7-5-6-11-8-12(18-3)14(16)13(9-11)19-4/h5-6,8-9,16H,1,7H2,2-4H3. The molecule has 20 heavy (non-hydrogen) atoms. The number of hydrogen-bond acceptors (Lipinski definition) is 5. The van der Waals surface area contributed by atoms with Gasteiger partial charge in [-0.05, 0) is 30.7 Å². The molecular formula is C15H18O5. The molecule has 0 amide bonds. The number of phenolic OH excluding ortho intramolecular Hbond substituents is 1. The maximum Gasteiger partial charge on any atom is 0.333 e. The zero-order valence-corrected chi connectivity index (χ0v) is 11.8. The summed E-state index contributed by atoms with van der Waals surface area (Å²) < 4.78 is 15.0. The first kappa shape index (κ1) is 15.6. The zero-order chi connectivity index (χ0) is 15.1. The fraction of sp³-hybridized carbons (Fsp3) is 0.267. The Morgan fingerprint density at radius 2 is 1.85 bits per heavy atom. The fourth-order valence-electron chi connectivity index (χ4n) is 1.44. The molecule has 0 fully saturated rings. The normalized spacial score (nSPS) is 10.3. The van der Waals surface area contributed by atoms with E-state index in [0.717, 1.165) is 5.56 Å². The Morgan fingerprint density at radius 3 is 2.30 bits per heavy atom. The largest absolute Gasteiger partial charge is 0.502 e. The monoisotopic (exact) mass is 278 g/mol. The van der Waals surface area contributed by atoms with Gasteiger partial charge in [-0.2, -0.15) is 0 Å². The van der Waals surface area contributed by atoms with Gasteiger partial charge >= 0.3 is 5.97 Å². The lowest BCUT2D eigenvalue weighted by molar-refractivity contribution is -0.137. The topological polar surface area (TPSA) is 65.0 Å². The van der Waals surface area contributed by atoms with Crippen molar-refractivity contribution in [3.8, 4) is 17.2 Å². The highest BCUT2D eigenvalue weighted by atomic mass is 16.5. The van der Waals surface area contributed by atoms with E-state index in [1.54, 1.807) is 31.2 Å². The molecule has 0 saturated heterocycles. The number of hydrogen-bond donors (Lipinski definition) is 1. The van der Waals surface area contributed by atoms with Crippen molar-refractivity contribution < 1.29 is 24.1 Å². The Kier molecular flexibility index (Phi) is 5.65. The van der Waals surface area contributed by atoms with E-state index in [-0.39, 0.29) is 12.4 Å². The second-order valence-electron chi connectivity index (χ2n) is 4.06. The van der Waals surface area contributed by atoms with Gasteiger partial charge < -0.3 is 19.3 Å². The highest BCUT2D eigenvalue weighted by Crippen LogP contribution is 2.37. The van der Waals surface area contributed by atoms with Gasteiger partial charge in [-0.15, -0.1) is 0 Å². The first-order chi connectivity index (χ1) is 9.49. The Bertz CT molecular complexity index is 506. The maximum absolute atomic E-state index is 11.2. The summed E-state index contributed by atoms with van der Waals surface area (Å²) in [4.78, 5) is 11.2. The summed E-state index contributed by atoms with van der Waals surface area (Å²) in [6.07, 6.45) is 3.41. The molecule has 1 N–H and O–H groups in total. The van der Waals surface area contributed by atoms with Crippen LogP contribution in [-0.4, -0.2) is 31.9 Å². The number of rotatable bonds is 6. The molecule has 0 heterocycles. The first-order valence-corrected chi connectivity index (χ1v) is 5.93. The summed E-state index contributed by atoms with van der Waals surface area (Å²) in [7, 11) is 2.91. The van der Waals surface area contributed by atoms with Crippen molar-refractivity contribution in [2.75, 3.05) is 20.8 Å². The van der Waals surface area contributed by atoms with Crippen LogP contribution in [-0.2, 0) is 9.53 Å². The number of aromatic hydroxyl groups is 1. The van der Waals surface area contributed by atoms with E-state index < -0.39 is 5.97 Å². The molecule has 0 radical (unpaired) electrons. The summed E-state index contributed by atoms with van der Waals surface area (Å²) in [6.45, 7) is 5.21. The van der Waals surface area contributed by atoms with Crippen LogP contribution in [0.15, 0.2) is 30.4 Å². The third kappa shape index (κ3) is 4.05. The van der Waals surface area contributed by atoms with Crippen molar-refractivity contribution in [3.05, 3.63) is 35.9 Å². The Labute approximate surface area is 118 Å². The van der Waals surface area contributed by atoms with Crippen LogP contribution in [0.25, 0.3) is 6.08 Å². The van der Waals surface area contributed by atoms with E-state index in [0.29, 0.717) is 17.1 Å². The molecule has 1 rings (SSSR count). The minimum absolute atomic E-state index is 0.0548. The molecule has 0 atom stereocenters. The van der Waals surface area contributed by atoms with Crippen molar-refractivity contribution in [2.45, 2.75) is 6.92 Å². The molecule has 5 heteroatoms. The highest BCUT2D eigenvalue weighted by molar-refractivity contribution is 5.87. The SMILES string of the molecule is C=C(C)C(=O)OCC=Cc1cc(OC)c(O)c(OC)c1. The summed E-state index contributed by atoms with van der Waals surface area (Å²) >= 11 is 0. The Hall–Kier alpha value is -2.43. The molecule has 0 unspecified atom stereocenters. The van der Waals surface area contributed by atoms with Crippen LogP contribution in [0.4, 0.5) is 0 Å². The molecule has 5 nitrogen and oxygen atoms in total. The van der Waals surface area contributed by atoms with E-state index >= 15 is 0 Å². The maximum atomic E-state index is 11.2. The number of ether oxygens (including phenoxy) is 3. The summed E-state index contributed by atoms with van der Waals surface area (Å²) in [6, 6.07) is 3.30. The lowest BCUT2D eigenvalue weighted by Crippen LogP contribution is -2.04. The summed E-state index contributed by atoms with van der Waals surface area (Å²) in [5, 5.41) is 9.77. The highest BCUT2D eigenvalue weighted by Gasteiger charge is 2.09.